The number of carbonyl (C=O) groups excluding carboxylic acids is 3. The van der Waals surface area contributed by atoms with E-state index in [9.17, 15) is 23.2 Å². The van der Waals surface area contributed by atoms with E-state index in [0.29, 0.717) is 5.56 Å². The quantitative estimate of drug-likeness (QED) is 0.769. The van der Waals surface area contributed by atoms with Gasteiger partial charge < -0.3 is 9.47 Å². The second-order valence-corrected chi connectivity index (χ2v) is 6.19. The number of carbonyl (C=O) groups is 3. The maximum atomic E-state index is 12.1. The Labute approximate surface area is 159 Å². The van der Waals surface area contributed by atoms with Crippen LogP contribution in [0.1, 0.15) is 38.3 Å². The fourth-order valence-electron chi connectivity index (χ4n) is 2.94. The van der Waals surface area contributed by atoms with Crippen molar-refractivity contribution in [2.45, 2.75) is 25.9 Å². The summed E-state index contributed by atoms with van der Waals surface area (Å²) in [5.74, 6) is -2.30. The Morgan fingerprint density at radius 3 is 2.36 bits per heavy atom. The highest BCUT2D eigenvalue weighted by atomic mass is 19.3. The van der Waals surface area contributed by atoms with Crippen LogP contribution in [0.15, 0.2) is 42.5 Å². The summed E-state index contributed by atoms with van der Waals surface area (Å²) in [5.41, 5.74) is 2.74. The van der Waals surface area contributed by atoms with Crippen LogP contribution in [-0.2, 0) is 22.4 Å². The second kappa shape index (κ2) is 8.60. The molecule has 0 heterocycles. The molecule has 146 valence electrons. The molecule has 0 fully saturated rings. The van der Waals surface area contributed by atoms with Crippen LogP contribution >= 0.6 is 0 Å². The van der Waals surface area contributed by atoms with Gasteiger partial charge in [0.15, 0.2) is 6.61 Å². The van der Waals surface area contributed by atoms with Gasteiger partial charge in [-0.25, -0.2) is 4.79 Å². The van der Waals surface area contributed by atoms with Crippen LogP contribution in [0, 0.1) is 0 Å². The predicted molar refractivity (Wildman–Crippen MR) is 94.3 cm³/mol. The van der Waals surface area contributed by atoms with Crippen molar-refractivity contribution < 1.29 is 32.6 Å². The van der Waals surface area contributed by atoms with Crippen molar-refractivity contribution in [2.24, 2.45) is 0 Å². The average molecular weight is 389 g/mol. The van der Waals surface area contributed by atoms with Crippen LogP contribution in [-0.4, -0.2) is 31.0 Å². The molecule has 1 N–H and O–H groups in total. The first-order valence-corrected chi connectivity index (χ1v) is 8.60. The molecule has 0 saturated carbocycles. The summed E-state index contributed by atoms with van der Waals surface area (Å²) < 4.78 is 33.3. The van der Waals surface area contributed by atoms with E-state index in [1.807, 2.05) is 6.07 Å². The molecule has 2 amide bonds. The van der Waals surface area contributed by atoms with Crippen LogP contribution in [0.2, 0.25) is 0 Å². The minimum Gasteiger partial charge on any atom is -0.452 e. The lowest BCUT2D eigenvalue weighted by atomic mass is 10.1. The number of amides is 2. The van der Waals surface area contributed by atoms with Crippen LogP contribution in [0.3, 0.4) is 0 Å². The first kappa shape index (κ1) is 19.5. The predicted octanol–water partition coefficient (Wildman–Crippen LogP) is 2.89. The van der Waals surface area contributed by atoms with E-state index in [2.05, 4.69) is 10.1 Å². The normalized spacial score (nSPS) is 12.4. The molecule has 0 bridgehead atoms. The fourth-order valence-corrected chi connectivity index (χ4v) is 2.94. The van der Waals surface area contributed by atoms with E-state index in [-0.39, 0.29) is 11.3 Å². The first-order chi connectivity index (χ1) is 13.4. The van der Waals surface area contributed by atoms with E-state index in [1.165, 1.54) is 29.8 Å². The third-order valence-electron chi connectivity index (χ3n) is 4.26. The number of nitrogens with one attached hydrogen (secondary N) is 1. The first-order valence-electron chi connectivity index (χ1n) is 8.60. The minimum absolute atomic E-state index is 0.0694. The summed E-state index contributed by atoms with van der Waals surface area (Å²) in [5, 5.41) is 2.06. The van der Waals surface area contributed by atoms with E-state index < -0.39 is 31.0 Å². The van der Waals surface area contributed by atoms with Gasteiger partial charge in [-0.1, -0.05) is 6.07 Å². The number of hydrogen-bond acceptors (Lipinski definition) is 5. The van der Waals surface area contributed by atoms with Crippen LogP contribution in [0.5, 0.6) is 5.75 Å². The Bertz CT molecular complexity index is 896. The second-order valence-electron chi connectivity index (χ2n) is 6.19. The molecule has 2 aromatic rings. The number of hydrogen-bond donors (Lipinski definition) is 1. The van der Waals surface area contributed by atoms with Crippen LogP contribution in [0.4, 0.5) is 8.78 Å². The number of halogens is 2. The molecule has 0 atom stereocenters. The Morgan fingerprint density at radius 1 is 0.964 bits per heavy atom. The molecule has 2 aromatic carbocycles. The van der Waals surface area contributed by atoms with Gasteiger partial charge in [-0.2, -0.15) is 8.78 Å². The molecule has 0 unspecified atom stereocenters. The number of ether oxygens (including phenoxy) is 2. The zero-order valence-corrected chi connectivity index (χ0v) is 14.7. The number of benzene rings is 2. The van der Waals surface area contributed by atoms with Crippen LogP contribution < -0.4 is 10.1 Å². The average Bonchev–Trinajstić information content (AvgIpc) is 3.14. The van der Waals surface area contributed by atoms with Gasteiger partial charge in [-0.15, -0.1) is 0 Å². The lowest BCUT2D eigenvalue weighted by Crippen LogP contribution is -2.34. The van der Waals surface area contributed by atoms with Crippen molar-refractivity contribution in [3.63, 3.8) is 0 Å². The highest BCUT2D eigenvalue weighted by Gasteiger charge is 2.17. The molecule has 1 aliphatic carbocycles. The molecule has 28 heavy (non-hydrogen) atoms. The summed E-state index contributed by atoms with van der Waals surface area (Å²) in [6, 6.07) is 10.1. The highest BCUT2D eigenvalue weighted by Crippen LogP contribution is 2.23. The molecular formula is C20H17F2NO5. The van der Waals surface area contributed by atoms with Crippen molar-refractivity contribution >= 4 is 17.8 Å². The summed E-state index contributed by atoms with van der Waals surface area (Å²) in [4.78, 5) is 35.9. The fraction of sp³-hybridized carbons (Fsp3) is 0.250. The molecule has 0 saturated heterocycles. The summed E-state index contributed by atoms with van der Waals surface area (Å²) in [7, 11) is 0. The molecular weight excluding hydrogens is 372 g/mol. The number of esters is 1. The molecule has 3 rings (SSSR count). The molecule has 8 heteroatoms. The van der Waals surface area contributed by atoms with Crippen molar-refractivity contribution in [1.29, 1.82) is 0 Å². The maximum Gasteiger partial charge on any atom is 0.387 e. The van der Waals surface area contributed by atoms with Gasteiger partial charge in [0.1, 0.15) is 5.75 Å². The third-order valence-corrected chi connectivity index (χ3v) is 4.26. The number of rotatable bonds is 6. The van der Waals surface area contributed by atoms with E-state index in [1.54, 1.807) is 12.1 Å². The van der Waals surface area contributed by atoms with Crippen molar-refractivity contribution in [2.75, 3.05) is 6.61 Å². The largest absolute Gasteiger partial charge is 0.452 e. The third kappa shape index (κ3) is 4.91. The molecule has 6 nitrogen and oxygen atoms in total. The van der Waals surface area contributed by atoms with Gasteiger partial charge in [0.2, 0.25) is 0 Å². The molecule has 0 radical (unpaired) electrons. The Balaban J connectivity index is 1.49. The summed E-state index contributed by atoms with van der Waals surface area (Å²) in [6.45, 7) is -3.59. The monoisotopic (exact) mass is 389 g/mol. The molecule has 0 aromatic heterocycles. The Kier molecular flexibility index (Phi) is 5.98. The lowest BCUT2D eigenvalue weighted by molar-refractivity contribution is -0.123. The summed E-state index contributed by atoms with van der Waals surface area (Å²) in [6.07, 6.45) is 2.95. The topological polar surface area (TPSA) is 81.7 Å². The van der Waals surface area contributed by atoms with Gasteiger partial charge in [-0.3, -0.25) is 14.9 Å². The number of alkyl halides is 2. The number of imide groups is 1. The van der Waals surface area contributed by atoms with Gasteiger partial charge in [0, 0.05) is 5.56 Å². The summed E-state index contributed by atoms with van der Waals surface area (Å²) >= 11 is 0. The number of fused-ring (bicyclic) bond motifs is 1. The van der Waals surface area contributed by atoms with Gasteiger partial charge in [0.05, 0.1) is 5.56 Å². The molecule has 1 aliphatic rings. The molecule has 0 spiro atoms. The van der Waals surface area contributed by atoms with Crippen molar-refractivity contribution in [3.05, 3.63) is 64.7 Å². The Hall–Kier alpha value is -3.29. The Morgan fingerprint density at radius 2 is 1.64 bits per heavy atom. The van der Waals surface area contributed by atoms with Crippen molar-refractivity contribution in [3.8, 4) is 5.75 Å². The minimum atomic E-state index is -2.97. The number of aryl methyl sites for hydroxylation is 2. The SMILES string of the molecule is O=C(COC(=O)c1ccc2c(c1)CCC2)NC(=O)c1ccc(OC(F)F)cc1. The van der Waals surface area contributed by atoms with Gasteiger partial charge >= 0.3 is 12.6 Å². The van der Waals surface area contributed by atoms with E-state index >= 15 is 0 Å². The zero-order valence-electron chi connectivity index (χ0n) is 14.7. The van der Waals surface area contributed by atoms with E-state index in [4.69, 9.17) is 4.74 Å². The smallest absolute Gasteiger partial charge is 0.387 e. The molecule has 0 aliphatic heterocycles. The van der Waals surface area contributed by atoms with Crippen molar-refractivity contribution in [1.82, 2.24) is 5.32 Å². The lowest BCUT2D eigenvalue weighted by Gasteiger charge is -2.08. The highest BCUT2D eigenvalue weighted by molar-refractivity contribution is 6.05. The van der Waals surface area contributed by atoms with Crippen LogP contribution in [0.25, 0.3) is 0 Å². The maximum absolute atomic E-state index is 12.1. The van der Waals surface area contributed by atoms with Gasteiger partial charge in [0.25, 0.3) is 11.8 Å². The van der Waals surface area contributed by atoms with Gasteiger partial charge in [-0.05, 0) is 66.8 Å². The zero-order chi connectivity index (χ0) is 20.1. The van der Waals surface area contributed by atoms with E-state index in [0.717, 1.165) is 24.8 Å². The standard InChI is InChI=1S/C20H17F2NO5/c21-20(22)28-16-8-6-13(7-9-16)18(25)23-17(24)11-27-19(26)15-5-4-12-2-1-3-14(12)10-15/h4-10,20H,1-3,11H2,(H,23,24,25).